The lowest BCUT2D eigenvalue weighted by molar-refractivity contribution is -0.464. The number of nitro groups is 1. The largest absolute Gasteiger partial charge is 0.804 e. The minimum atomic E-state index is -0.505. The summed E-state index contributed by atoms with van der Waals surface area (Å²) >= 11 is 0. The smallest absolute Gasteiger partial charge is 0.286 e. The fraction of sp³-hybridized carbons (Fsp3) is 0. The van der Waals surface area contributed by atoms with Crippen LogP contribution >= 0.6 is 0 Å². The fourth-order valence-electron chi connectivity index (χ4n) is 2.26. The summed E-state index contributed by atoms with van der Waals surface area (Å²) in [5.41, 5.74) is 1.08. The van der Waals surface area contributed by atoms with Crippen molar-refractivity contribution in [1.29, 1.82) is 5.26 Å². The third-order valence-corrected chi connectivity index (χ3v) is 3.42. The zero-order valence-corrected chi connectivity index (χ0v) is 11.5. The van der Waals surface area contributed by atoms with Crippen molar-refractivity contribution in [3.05, 3.63) is 74.6 Å². The summed E-state index contributed by atoms with van der Waals surface area (Å²) in [5, 5.41) is 31.6. The van der Waals surface area contributed by atoms with Crippen LogP contribution in [0, 0.1) is 31.6 Å². The molecule has 1 aromatic heterocycles. The highest BCUT2D eigenvalue weighted by molar-refractivity contribution is 5.80. The van der Waals surface area contributed by atoms with E-state index in [1.165, 1.54) is 24.3 Å². The number of hydrogen-bond acceptors (Lipinski definition) is 5. The Morgan fingerprint density at radius 1 is 1.13 bits per heavy atom. The van der Waals surface area contributed by atoms with Gasteiger partial charge in [0.2, 0.25) is 0 Å². The van der Waals surface area contributed by atoms with Crippen LogP contribution in [-0.2, 0) is 0 Å². The lowest BCUT2D eigenvalue weighted by atomic mass is 10.0. The minimum absolute atomic E-state index is 0.0439. The third-order valence-electron chi connectivity index (χ3n) is 3.42. The van der Waals surface area contributed by atoms with Crippen LogP contribution in [0.1, 0.15) is 5.69 Å². The highest BCUT2D eigenvalue weighted by atomic mass is 16.6. The van der Waals surface area contributed by atoms with E-state index in [0.29, 0.717) is 20.3 Å². The molecule has 8 nitrogen and oxygen atoms in total. The molecular weight excluding hydrogens is 300 g/mol. The zero-order chi connectivity index (χ0) is 16.6. The predicted molar refractivity (Wildman–Crippen MR) is 80.9 cm³/mol. The van der Waals surface area contributed by atoms with Gasteiger partial charge >= 0.3 is 0 Å². The van der Waals surface area contributed by atoms with Gasteiger partial charge in [-0.1, -0.05) is 0 Å². The number of nitriles is 1. The van der Waals surface area contributed by atoms with E-state index in [2.05, 4.69) is 0 Å². The Kier molecular flexibility index (Phi) is 3.23. The van der Waals surface area contributed by atoms with Crippen molar-refractivity contribution in [2.45, 2.75) is 0 Å². The molecule has 3 aromatic rings. The van der Waals surface area contributed by atoms with Crippen LogP contribution in [0.15, 0.2) is 48.7 Å². The van der Waals surface area contributed by atoms with Gasteiger partial charge in [0.1, 0.15) is 11.6 Å². The Bertz CT molecular complexity index is 1030. The molecule has 0 radical (unpaired) electrons. The molecule has 0 amide bonds. The van der Waals surface area contributed by atoms with Crippen molar-refractivity contribution >= 4 is 16.7 Å². The molecule has 0 aliphatic carbocycles. The van der Waals surface area contributed by atoms with E-state index in [0.717, 1.165) is 6.20 Å². The van der Waals surface area contributed by atoms with E-state index in [1.807, 2.05) is 0 Å². The summed E-state index contributed by atoms with van der Waals surface area (Å²) < 4.78 is 0.848. The second kappa shape index (κ2) is 5.23. The summed E-state index contributed by atoms with van der Waals surface area (Å²) in [4.78, 5) is 22.0. The van der Waals surface area contributed by atoms with Crippen LogP contribution in [0.3, 0.4) is 0 Å². The van der Waals surface area contributed by atoms with Crippen molar-refractivity contribution < 1.29 is 9.35 Å². The van der Waals surface area contributed by atoms with E-state index in [9.17, 15) is 20.2 Å². The summed E-state index contributed by atoms with van der Waals surface area (Å²) in [7, 11) is 0. The topological polar surface area (TPSA) is 118 Å². The predicted octanol–water partition coefficient (Wildman–Crippen LogP) is 2.35. The van der Waals surface area contributed by atoms with Crippen molar-refractivity contribution in [1.82, 2.24) is 4.73 Å². The van der Waals surface area contributed by atoms with Crippen molar-refractivity contribution in [3.63, 3.8) is 0 Å². The first kappa shape index (κ1) is 14.2. The van der Waals surface area contributed by atoms with E-state index >= 15 is 0 Å². The fourth-order valence-corrected chi connectivity index (χ4v) is 2.26. The molecule has 3 rings (SSSR count). The molecule has 0 spiro atoms. The average molecular weight is 308 g/mol. The van der Waals surface area contributed by atoms with Crippen LogP contribution in [0.5, 0.6) is 0 Å². The highest BCUT2D eigenvalue weighted by Crippen LogP contribution is 2.25. The molecule has 0 N–H and O–H groups in total. The monoisotopic (exact) mass is 308 g/mol. The van der Waals surface area contributed by atoms with Crippen molar-refractivity contribution in [3.8, 4) is 17.2 Å². The first-order valence-electron chi connectivity index (χ1n) is 6.45. The van der Waals surface area contributed by atoms with Crippen molar-refractivity contribution in [2.75, 3.05) is 0 Å². The second-order valence-corrected chi connectivity index (χ2v) is 4.75. The first-order chi connectivity index (χ1) is 11.0. The number of fused-ring (bicyclic) bond motifs is 1. The van der Waals surface area contributed by atoms with E-state index < -0.39 is 4.92 Å². The molecular formula is C15H8N4O4. The number of rotatable bonds is 2. The molecule has 0 fully saturated rings. The molecule has 0 unspecified atom stereocenters. The maximum Gasteiger partial charge on any atom is 0.286 e. The Hall–Kier alpha value is -3.73. The molecule has 0 saturated carbocycles. The second-order valence-electron chi connectivity index (χ2n) is 4.75. The summed E-state index contributed by atoms with van der Waals surface area (Å²) in [6.07, 6.45) is 0.918. The van der Waals surface area contributed by atoms with Gasteiger partial charge in [-0.2, -0.15) is 5.26 Å². The van der Waals surface area contributed by atoms with Gasteiger partial charge in [-0.3, -0.25) is 10.1 Å². The van der Waals surface area contributed by atoms with Crippen LogP contribution in [0.25, 0.3) is 22.2 Å². The Labute approximate surface area is 128 Å². The zero-order valence-electron chi connectivity index (χ0n) is 11.5. The maximum atomic E-state index is 12.1. The van der Waals surface area contributed by atoms with Crippen molar-refractivity contribution in [2.24, 2.45) is 0 Å². The number of aromatic nitrogens is 2. The summed E-state index contributed by atoms with van der Waals surface area (Å²) in [6.45, 7) is 0. The number of non-ortho nitro benzene ring substituents is 1. The van der Waals surface area contributed by atoms with E-state index in [-0.39, 0.29) is 22.4 Å². The van der Waals surface area contributed by atoms with Crippen LogP contribution < -0.4 is 4.43 Å². The number of hydrogen-bond donors (Lipinski definition) is 0. The van der Waals surface area contributed by atoms with Crippen LogP contribution in [0.4, 0.5) is 5.69 Å². The number of benzene rings is 2. The standard InChI is InChI=1S/C15H8N4O4/c16-8-13-9-17(20)14-6-3-11(7-15(14)18(13)21)10-1-4-12(5-2-10)19(22)23/h1-7,9H. The van der Waals surface area contributed by atoms with E-state index in [4.69, 9.17) is 5.26 Å². The maximum absolute atomic E-state index is 12.1. The number of nitrogens with zero attached hydrogens (tertiary/aromatic N) is 4. The van der Waals surface area contributed by atoms with Gasteiger partial charge in [-0.15, -0.1) is 0 Å². The Morgan fingerprint density at radius 3 is 2.39 bits per heavy atom. The molecule has 0 saturated heterocycles. The summed E-state index contributed by atoms with van der Waals surface area (Å²) in [6, 6.07) is 12.0. The van der Waals surface area contributed by atoms with Gasteiger partial charge in [0.25, 0.3) is 17.4 Å². The Balaban J connectivity index is 2.20. The van der Waals surface area contributed by atoms with Gasteiger partial charge in [0, 0.05) is 23.1 Å². The number of nitro benzene ring substituents is 1. The molecule has 1 heterocycles. The normalized spacial score (nSPS) is 10.4. The highest BCUT2D eigenvalue weighted by Gasteiger charge is 2.13. The van der Waals surface area contributed by atoms with Gasteiger partial charge in [-0.05, 0) is 35.4 Å². The lowest BCUT2D eigenvalue weighted by Gasteiger charge is -2.13. The average Bonchev–Trinajstić information content (AvgIpc) is 2.57. The van der Waals surface area contributed by atoms with E-state index in [1.54, 1.807) is 24.3 Å². The molecule has 112 valence electrons. The minimum Gasteiger partial charge on any atom is -0.804 e. The molecule has 0 aliphatic rings. The SMILES string of the molecule is N#Cc1c[n+](=O)c2ccc(-c3ccc([N+](=O)[O-])cc3)cc2n1[O-]. The molecule has 23 heavy (non-hydrogen) atoms. The third kappa shape index (κ3) is 2.36. The van der Waals surface area contributed by atoms with Gasteiger partial charge in [-0.25, -0.2) is 0 Å². The molecule has 8 heteroatoms. The molecule has 2 aromatic carbocycles. The first-order valence-corrected chi connectivity index (χ1v) is 6.45. The van der Waals surface area contributed by atoms with Crippen LogP contribution in [-0.4, -0.2) is 9.65 Å². The summed E-state index contributed by atoms with van der Waals surface area (Å²) in [5.74, 6) is 0. The molecule has 0 aliphatic heterocycles. The van der Waals surface area contributed by atoms with Gasteiger partial charge < -0.3 is 9.94 Å². The Morgan fingerprint density at radius 2 is 1.78 bits per heavy atom. The molecule has 0 atom stereocenters. The lowest BCUT2D eigenvalue weighted by Crippen LogP contribution is -2.19. The molecule has 0 bridgehead atoms. The quantitative estimate of drug-likeness (QED) is 0.409. The van der Waals surface area contributed by atoms with Crippen LogP contribution in [0.2, 0.25) is 0 Å². The van der Waals surface area contributed by atoms with Gasteiger partial charge in [0.05, 0.1) is 9.35 Å². The van der Waals surface area contributed by atoms with Gasteiger partial charge in [0.15, 0.2) is 5.69 Å².